The number of hydrogen-bond acceptors (Lipinski definition) is 5. The average molecular weight is 387 g/mol. The summed E-state index contributed by atoms with van der Waals surface area (Å²) in [5.74, 6) is 0. The largest absolute Gasteiger partial charge is 0.462 e. The topological polar surface area (TPSA) is 50.3 Å². The van der Waals surface area contributed by atoms with Gasteiger partial charge in [0.25, 0.3) is 0 Å². The molecule has 0 saturated carbocycles. The van der Waals surface area contributed by atoms with Gasteiger partial charge in [-0.3, -0.25) is 9.67 Å². The summed E-state index contributed by atoms with van der Waals surface area (Å²) in [7, 11) is 4.12. The number of pyridine rings is 1. The fourth-order valence-electron chi connectivity index (χ4n) is 3.96. The molecular weight excluding hydrogens is 362 g/mol. The van der Waals surface area contributed by atoms with Crippen LogP contribution in [0.15, 0.2) is 53.4 Å². The molecule has 1 aromatic carbocycles. The van der Waals surface area contributed by atoms with Gasteiger partial charge in [0.05, 0.1) is 6.20 Å². The first-order valence-electron chi connectivity index (χ1n) is 10.0. The molecule has 0 bridgehead atoms. The predicted molar refractivity (Wildman–Crippen MR) is 116 cm³/mol. The molecule has 6 heteroatoms. The Morgan fingerprint density at radius 2 is 1.66 bits per heavy atom. The summed E-state index contributed by atoms with van der Waals surface area (Å²) >= 11 is 0. The highest BCUT2D eigenvalue weighted by atomic mass is 16.3. The van der Waals surface area contributed by atoms with Crippen LogP contribution < -0.4 is 4.90 Å². The molecular formula is C23H25N5O. The summed E-state index contributed by atoms with van der Waals surface area (Å²) in [5.41, 5.74) is 8.30. The number of benzene rings is 1. The van der Waals surface area contributed by atoms with E-state index in [1.54, 1.807) is 6.26 Å². The zero-order valence-electron chi connectivity index (χ0n) is 17.1. The molecule has 5 rings (SSSR count). The van der Waals surface area contributed by atoms with Crippen molar-refractivity contribution in [2.24, 2.45) is 7.05 Å². The van der Waals surface area contributed by atoms with Gasteiger partial charge in [-0.05, 0) is 37.7 Å². The van der Waals surface area contributed by atoms with E-state index in [1.807, 2.05) is 24.1 Å². The molecule has 0 amide bonds. The standard InChI is InChI=1S/C23H25N5O/c1-16-20(14-25-27(16)3)21-15-29-22-12-18(13-24-23(21)22)17-4-6-19(7-5-17)28-10-8-26(2)9-11-28/h4-7,12-15H,8-11H2,1-3H3. The Hall–Kier alpha value is -3.12. The first-order chi connectivity index (χ1) is 14.1. The van der Waals surface area contributed by atoms with Crippen LogP contribution in [-0.4, -0.2) is 52.9 Å². The lowest BCUT2D eigenvalue weighted by Crippen LogP contribution is -2.44. The van der Waals surface area contributed by atoms with E-state index in [0.29, 0.717) is 0 Å². The van der Waals surface area contributed by atoms with E-state index in [-0.39, 0.29) is 0 Å². The molecule has 0 radical (unpaired) electrons. The summed E-state index contributed by atoms with van der Waals surface area (Å²) in [6.45, 7) is 6.43. The minimum atomic E-state index is 0.795. The van der Waals surface area contributed by atoms with Crippen molar-refractivity contribution >= 4 is 16.8 Å². The Bertz CT molecular complexity index is 1150. The van der Waals surface area contributed by atoms with Gasteiger partial charge in [0, 0.05) is 67.5 Å². The zero-order chi connectivity index (χ0) is 20.0. The molecule has 4 heterocycles. The lowest BCUT2D eigenvalue weighted by molar-refractivity contribution is 0.313. The van der Waals surface area contributed by atoms with Crippen molar-refractivity contribution in [1.82, 2.24) is 19.7 Å². The van der Waals surface area contributed by atoms with Gasteiger partial charge in [0.2, 0.25) is 0 Å². The van der Waals surface area contributed by atoms with E-state index in [2.05, 4.69) is 59.2 Å². The summed E-state index contributed by atoms with van der Waals surface area (Å²) < 4.78 is 7.71. The fourth-order valence-corrected chi connectivity index (χ4v) is 3.96. The molecule has 148 valence electrons. The van der Waals surface area contributed by atoms with Gasteiger partial charge in [-0.15, -0.1) is 0 Å². The van der Waals surface area contributed by atoms with Crippen molar-refractivity contribution in [2.75, 3.05) is 38.1 Å². The van der Waals surface area contributed by atoms with Crippen LogP contribution in [0.2, 0.25) is 0 Å². The Morgan fingerprint density at radius 3 is 2.34 bits per heavy atom. The second kappa shape index (κ2) is 7.04. The zero-order valence-corrected chi connectivity index (χ0v) is 17.1. The molecule has 0 N–H and O–H groups in total. The number of rotatable bonds is 3. The van der Waals surface area contributed by atoms with Crippen molar-refractivity contribution in [3.8, 4) is 22.3 Å². The fraction of sp³-hybridized carbons (Fsp3) is 0.304. The number of anilines is 1. The summed E-state index contributed by atoms with van der Waals surface area (Å²) in [4.78, 5) is 9.53. The van der Waals surface area contributed by atoms with Gasteiger partial charge in [0.1, 0.15) is 11.8 Å². The Morgan fingerprint density at radius 1 is 0.897 bits per heavy atom. The van der Waals surface area contributed by atoms with Gasteiger partial charge >= 0.3 is 0 Å². The molecule has 0 spiro atoms. The summed E-state index contributed by atoms with van der Waals surface area (Å²) in [6, 6.07) is 10.8. The summed E-state index contributed by atoms with van der Waals surface area (Å²) in [6.07, 6.45) is 5.58. The number of piperazine rings is 1. The highest BCUT2D eigenvalue weighted by Gasteiger charge is 2.16. The van der Waals surface area contributed by atoms with Crippen LogP contribution in [-0.2, 0) is 7.05 Å². The lowest BCUT2D eigenvalue weighted by atomic mass is 10.1. The number of furan rings is 1. The van der Waals surface area contributed by atoms with Crippen molar-refractivity contribution in [3.05, 3.63) is 54.7 Å². The number of likely N-dealkylation sites (N-methyl/N-ethyl adjacent to an activating group) is 1. The minimum Gasteiger partial charge on any atom is -0.462 e. The third kappa shape index (κ3) is 3.19. The minimum absolute atomic E-state index is 0.795. The average Bonchev–Trinajstić information content (AvgIpc) is 3.31. The maximum absolute atomic E-state index is 5.85. The second-order valence-corrected chi connectivity index (χ2v) is 7.82. The Balaban J connectivity index is 1.43. The highest BCUT2D eigenvalue weighted by molar-refractivity contribution is 5.93. The number of hydrogen-bond donors (Lipinski definition) is 0. The molecule has 3 aromatic heterocycles. The van der Waals surface area contributed by atoms with E-state index >= 15 is 0 Å². The van der Waals surface area contributed by atoms with E-state index in [4.69, 9.17) is 9.40 Å². The van der Waals surface area contributed by atoms with Crippen LogP contribution in [0.4, 0.5) is 5.69 Å². The van der Waals surface area contributed by atoms with E-state index in [9.17, 15) is 0 Å². The molecule has 1 aliphatic rings. The van der Waals surface area contributed by atoms with Gasteiger partial charge in [-0.1, -0.05) is 12.1 Å². The van der Waals surface area contributed by atoms with Crippen LogP contribution in [0.25, 0.3) is 33.4 Å². The quantitative estimate of drug-likeness (QED) is 0.533. The normalized spacial score (nSPS) is 15.3. The predicted octanol–water partition coefficient (Wildman–Crippen LogP) is 3.96. The summed E-state index contributed by atoms with van der Waals surface area (Å²) in [5, 5.41) is 4.34. The first-order valence-corrected chi connectivity index (χ1v) is 10.0. The SMILES string of the molecule is Cc1c(-c2coc3cc(-c4ccc(N5CCN(C)CC5)cc4)cnc23)cnn1C. The molecule has 4 aromatic rings. The third-order valence-corrected chi connectivity index (χ3v) is 6.01. The number of aromatic nitrogens is 3. The van der Waals surface area contributed by atoms with Crippen LogP contribution in [0.1, 0.15) is 5.69 Å². The smallest absolute Gasteiger partial charge is 0.153 e. The third-order valence-electron chi connectivity index (χ3n) is 6.01. The molecule has 1 saturated heterocycles. The Labute approximate surface area is 170 Å². The van der Waals surface area contributed by atoms with Crippen LogP contribution in [0.5, 0.6) is 0 Å². The van der Waals surface area contributed by atoms with Crippen molar-refractivity contribution in [3.63, 3.8) is 0 Å². The molecule has 6 nitrogen and oxygen atoms in total. The van der Waals surface area contributed by atoms with Crippen molar-refractivity contribution < 1.29 is 4.42 Å². The maximum Gasteiger partial charge on any atom is 0.153 e. The maximum atomic E-state index is 5.85. The molecule has 0 unspecified atom stereocenters. The van der Waals surface area contributed by atoms with Crippen LogP contribution in [0, 0.1) is 6.92 Å². The lowest BCUT2D eigenvalue weighted by Gasteiger charge is -2.34. The Kier molecular flexibility index (Phi) is 4.36. The number of fused-ring (bicyclic) bond motifs is 1. The molecule has 1 aliphatic heterocycles. The van der Waals surface area contributed by atoms with Gasteiger partial charge in [-0.2, -0.15) is 5.10 Å². The molecule has 1 fully saturated rings. The molecule has 0 aliphatic carbocycles. The van der Waals surface area contributed by atoms with Crippen LogP contribution in [0.3, 0.4) is 0 Å². The van der Waals surface area contributed by atoms with Crippen molar-refractivity contribution in [1.29, 1.82) is 0 Å². The highest BCUT2D eigenvalue weighted by Crippen LogP contribution is 2.33. The van der Waals surface area contributed by atoms with Gasteiger partial charge in [0.15, 0.2) is 5.58 Å². The number of aryl methyl sites for hydroxylation is 1. The molecule has 29 heavy (non-hydrogen) atoms. The molecule has 0 atom stereocenters. The van der Waals surface area contributed by atoms with E-state index < -0.39 is 0 Å². The number of nitrogens with zero attached hydrogens (tertiary/aromatic N) is 5. The van der Waals surface area contributed by atoms with Crippen molar-refractivity contribution in [2.45, 2.75) is 6.92 Å². The second-order valence-electron chi connectivity index (χ2n) is 7.82. The van der Waals surface area contributed by atoms with Gasteiger partial charge in [-0.25, -0.2) is 0 Å². The van der Waals surface area contributed by atoms with Gasteiger partial charge < -0.3 is 14.2 Å². The first kappa shape index (κ1) is 17.9. The van der Waals surface area contributed by atoms with E-state index in [1.165, 1.54) is 5.69 Å². The monoisotopic (exact) mass is 387 g/mol. The van der Waals surface area contributed by atoms with E-state index in [0.717, 1.165) is 65.2 Å². The van der Waals surface area contributed by atoms with Crippen LogP contribution >= 0.6 is 0 Å².